The van der Waals surface area contributed by atoms with Crippen molar-refractivity contribution >= 4 is 23.3 Å². The number of rotatable bonds is 24. The van der Waals surface area contributed by atoms with E-state index in [2.05, 4.69) is 0 Å². The number of Topliss-reactive ketones (excluding diaryl/α,β-unsaturated/α-hetero) is 3. The quantitative estimate of drug-likeness (QED) is 0.120. The molecule has 0 atom stereocenters. The first kappa shape index (κ1) is 39.5. The zero-order valence-corrected chi connectivity index (χ0v) is 25.9. The molecule has 0 saturated heterocycles. The minimum absolute atomic E-state index is 0.00116. The third-order valence-electron chi connectivity index (χ3n) is 5.32. The van der Waals surface area contributed by atoms with Gasteiger partial charge in [0.25, 0.3) is 0 Å². The predicted molar refractivity (Wildman–Crippen MR) is 152 cm³/mol. The minimum atomic E-state index is -0.103. The van der Waals surface area contributed by atoms with E-state index in [1.165, 1.54) is 0 Å². The van der Waals surface area contributed by atoms with Crippen molar-refractivity contribution < 1.29 is 42.9 Å². The van der Waals surface area contributed by atoms with Crippen molar-refractivity contribution in [2.24, 2.45) is 23.7 Å². The van der Waals surface area contributed by atoms with Crippen LogP contribution in [0.3, 0.4) is 0 Å². The summed E-state index contributed by atoms with van der Waals surface area (Å²) in [4.78, 5) is 45.4. The van der Waals surface area contributed by atoms with Gasteiger partial charge in [-0.2, -0.15) is 0 Å². The molecule has 0 spiro atoms. The summed E-state index contributed by atoms with van der Waals surface area (Å²) >= 11 is 0. The molecule has 0 amide bonds. The third kappa shape index (κ3) is 29.1. The van der Waals surface area contributed by atoms with Crippen molar-refractivity contribution in [2.75, 3.05) is 59.5 Å². The topological polar surface area (TPSA) is 114 Å². The molecule has 39 heavy (non-hydrogen) atoms. The molecule has 0 unspecified atom stereocenters. The summed E-state index contributed by atoms with van der Waals surface area (Å²) in [5.41, 5.74) is 0. The van der Waals surface area contributed by atoms with Crippen LogP contribution in [0.4, 0.5) is 0 Å². The predicted octanol–water partition coefficient (Wildman–Crippen LogP) is 4.86. The van der Waals surface area contributed by atoms with Gasteiger partial charge in [-0.15, -0.1) is 0 Å². The highest BCUT2D eigenvalue weighted by atomic mass is 16.6. The van der Waals surface area contributed by atoms with Crippen LogP contribution in [0.25, 0.3) is 0 Å². The minimum Gasteiger partial charge on any atom is -0.465 e. The molecule has 0 aliphatic carbocycles. The molecule has 0 aromatic carbocycles. The first-order valence-corrected chi connectivity index (χ1v) is 14.4. The lowest BCUT2D eigenvalue weighted by Gasteiger charge is -2.08. The van der Waals surface area contributed by atoms with Crippen LogP contribution in [-0.4, -0.2) is 82.8 Å². The van der Waals surface area contributed by atoms with E-state index in [-0.39, 0.29) is 41.1 Å². The van der Waals surface area contributed by atoms with Crippen LogP contribution in [0.1, 0.15) is 87.5 Å². The normalized spacial score (nSPS) is 11.2. The molecular weight excluding hydrogens is 504 g/mol. The maximum absolute atomic E-state index is 11.7. The van der Waals surface area contributed by atoms with Gasteiger partial charge < -0.3 is 23.7 Å². The molecule has 0 radical (unpaired) electrons. The summed E-state index contributed by atoms with van der Waals surface area (Å²) in [6, 6.07) is 0. The van der Waals surface area contributed by atoms with Crippen LogP contribution in [0.15, 0.2) is 0 Å². The Bertz CT molecular complexity index is 642. The van der Waals surface area contributed by atoms with Gasteiger partial charge in [-0.3, -0.25) is 19.2 Å². The monoisotopic (exact) mass is 560 g/mol. The van der Waals surface area contributed by atoms with Crippen molar-refractivity contribution in [3.63, 3.8) is 0 Å². The second-order valence-corrected chi connectivity index (χ2v) is 10.8. The molecule has 0 aliphatic heterocycles. The average molecular weight is 561 g/mol. The molecule has 0 aromatic heterocycles. The summed E-state index contributed by atoms with van der Waals surface area (Å²) in [6.45, 7) is 19.6. The first-order valence-electron chi connectivity index (χ1n) is 14.4. The number of esters is 1. The Kier molecular flexibility index (Phi) is 26.9. The van der Waals surface area contributed by atoms with E-state index >= 15 is 0 Å². The van der Waals surface area contributed by atoms with Gasteiger partial charge in [0.15, 0.2) is 0 Å². The summed E-state index contributed by atoms with van der Waals surface area (Å²) in [5.74, 6) is 0.857. The van der Waals surface area contributed by atoms with Crippen LogP contribution >= 0.6 is 0 Å². The Morgan fingerprint density at radius 3 is 1.36 bits per heavy atom. The number of hydrogen-bond acceptors (Lipinski definition) is 9. The van der Waals surface area contributed by atoms with Gasteiger partial charge in [0.05, 0.1) is 58.8 Å². The summed E-state index contributed by atoms with van der Waals surface area (Å²) in [6.07, 6.45) is 2.25. The van der Waals surface area contributed by atoms with Crippen LogP contribution in [0.5, 0.6) is 0 Å². The smallest absolute Gasteiger partial charge is 0.308 e. The number of hydrogen-bond donors (Lipinski definition) is 0. The second kappa shape index (κ2) is 26.5. The Labute approximate surface area is 237 Å². The van der Waals surface area contributed by atoms with Gasteiger partial charge in [0.1, 0.15) is 17.3 Å². The largest absolute Gasteiger partial charge is 0.465 e. The van der Waals surface area contributed by atoms with E-state index < -0.39 is 0 Å². The van der Waals surface area contributed by atoms with Gasteiger partial charge in [-0.05, 0) is 12.3 Å². The molecule has 0 bridgehead atoms. The summed E-state index contributed by atoms with van der Waals surface area (Å²) < 4.78 is 26.5. The van der Waals surface area contributed by atoms with Crippen LogP contribution in [-0.2, 0) is 42.9 Å². The molecule has 9 nitrogen and oxygen atoms in total. The second-order valence-electron chi connectivity index (χ2n) is 10.8. The van der Waals surface area contributed by atoms with Crippen LogP contribution < -0.4 is 0 Å². The zero-order chi connectivity index (χ0) is 30.1. The molecule has 0 N–H and O–H groups in total. The van der Waals surface area contributed by atoms with Gasteiger partial charge in [-0.1, -0.05) is 55.4 Å². The highest BCUT2D eigenvalue weighted by Crippen LogP contribution is 2.05. The Hall–Kier alpha value is -1.68. The van der Waals surface area contributed by atoms with E-state index in [0.29, 0.717) is 97.5 Å². The highest BCUT2D eigenvalue weighted by molar-refractivity contribution is 5.86. The average Bonchev–Trinajstić information content (AvgIpc) is 2.87. The number of carbonyl (C=O) groups is 4. The number of ether oxygens (including phenoxy) is 5. The molecule has 0 fully saturated rings. The maximum Gasteiger partial charge on any atom is 0.308 e. The molecule has 230 valence electrons. The van der Waals surface area contributed by atoms with Gasteiger partial charge >= 0.3 is 5.97 Å². The Morgan fingerprint density at radius 2 is 0.923 bits per heavy atom. The van der Waals surface area contributed by atoms with Crippen molar-refractivity contribution in [3.8, 4) is 0 Å². The highest BCUT2D eigenvalue weighted by Gasteiger charge is 2.10. The lowest BCUT2D eigenvalue weighted by atomic mass is 10.0. The molecular formula is C30H56O9. The van der Waals surface area contributed by atoms with E-state index in [1.54, 1.807) is 0 Å². The van der Waals surface area contributed by atoms with Gasteiger partial charge in [0.2, 0.25) is 0 Å². The van der Waals surface area contributed by atoms with Crippen LogP contribution in [0.2, 0.25) is 0 Å². The Morgan fingerprint density at radius 1 is 0.487 bits per heavy atom. The maximum atomic E-state index is 11.7. The van der Waals surface area contributed by atoms with E-state index in [9.17, 15) is 19.2 Å². The SMILES string of the molecule is CC(C)C(=O)CCOCCOCCOCCOCCCC(=O)CCC(=O)C(C)C.CC(C)COC(=O)C(C)C. The van der Waals surface area contributed by atoms with Crippen molar-refractivity contribution in [1.29, 1.82) is 0 Å². The van der Waals surface area contributed by atoms with Crippen molar-refractivity contribution in [1.82, 2.24) is 0 Å². The molecule has 0 saturated carbocycles. The number of ketones is 3. The fourth-order valence-electron chi connectivity index (χ4n) is 2.69. The fraction of sp³-hybridized carbons (Fsp3) is 0.867. The molecule has 0 aromatic rings. The standard InChI is InChI=1S/C22H40O7.C8H16O2/c1-18(2)21(24)8-7-20(23)6-5-10-26-12-14-28-16-17-29-15-13-27-11-9-22(25)19(3)4;1-6(2)5-10-8(9)7(3)4/h18-19H,5-17H2,1-4H3;6-7H,5H2,1-4H3. The molecule has 9 heteroatoms. The van der Waals surface area contributed by atoms with E-state index in [0.717, 1.165) is 0 Å². The molecule has 0 aliphatic rings. The van der Waals surface area contributed by atoms with Gasteiger partial charge in [-0.25, -0.2) is 0 Å². The summed E-state index contributed by atoms with van der Waals surface area (Å²) in [7, 11) is 0. The van der Waals surface area contributed by atoms with E-state index in [4.69, 9.17) is 23.7 Å². The number of carbonyl (C=O) groups excluding carboxylic acids is 4. The fourth-order valence-corrected chi connectivity index (χ4v) is 2.69. The van der Waals surface area contributed by atoms with Crippen molar-refractivity contribution in [2.45, 2.75) is 87.5 Å². The Balaban J connectivity index is 0. The third-order valence-corrected chi connectivity index (χ3v) is 5.32. The molecule has 0 heterocycles. The van der Waals surface area contributed by atoms with Gasteiger partial charge in [0, 0.05) is 44.1 Å². The summed E-state index contributed by atoms with van der Waals surface area (Å²) in [5, 5.41) is 0. The zero-order valence-electron chi connectivity index (χ0n) is 25.9. The first-order chi connectivity index (χ1) is 18.4. The molecule has 0 rings (SSSR count). The lowest BCUT2D eigenvalue weighted by Crippen LogP contribution is -2.14. The van der Waals surface area contributed by atoms with Crippen molar-refractivity contribution in [3.05, 3.63) is 0 Å². The lowest BCUT2D eigenvalue weighted by molar-refractivity contribution is -0.148. The van der Waals surface area contributed by atoms with E-state index in [1.807, 2.05) is 55.4 Å². The van der Waals surface area contributed by atoms with Crippen LogP contribution in [0, 0.1) is 23.7 Å².